The van der Waals surface area contributed by atoms with Gasteiger partial charge in [-0.25, -0.2) is 0 Å². The van der Waals surface area contributed by atoms with Gasteiger partial charge in [-0.2, -0.15) is 0 Å². The standard InChI is InChI=1S/C10H16N2O2S.ClH/c1-10(2,6-11)12-9(13)7-4-5-8(14-7)15-3;/h4-5H,6,11H2,1-3H3,(H,12,13);1H. The molecule has 0 saturated carbocycles. The molecule has 0 aliphatic carbocycles. The first-order valence-electron chi connectivity index (χ1n) is 4.65. The first-order chi connectivity index (χ1) is 6.98. The van der Waals surface area contributed by atoms with Crippen LogP contribution in [0, 0.1) is 0 Å². The van der Waals surface area contributed by atoms with Gasteiger partial charge in [-0.15, -0.1) is 12.4 Å². The lowest BCUT2D eigenvalue weighted by Gasteiger charge is -2.23. The van der Waals surface area contributed by atoms with Crippen LogP contribution in [0.2, 0.25) is 0 Å². The van der Waals surface area contributed by atoms with Crippen molar-refractivity contribution in [3.63, 3.8) is 0 Å². The number of nitrogens with two attached hydrogens (primary N) is 1. The maximum atomic E-state index is 11.7. The molecule has 0 saturated heterocycles. The minimum atomic E-state index is -0.413. The van der Waals surface area contributed by atoms with Crippen molar-refractivity contribution in [2.45, 2.75) is 24.5 Å². The predicted octanol–water partition coefficient (Wildman–Crippen LogP) is 1.89. The highest BCUT2D eigenvalue weighted by Gasteiger charge is 2.21. The summed E-state index contributed by atoms with van der Waals surface area (Å²) in [6, 6.07) is 3.43. The summed E-state index contributed by atoms with van der Waals surface area (Å²) in [5.41, 5.74) is 5.10. The lowest BCUT2D eigenvalue weighted by Crippen LogP contribution is -2.48. The highest BCUT2D eigenvalue weighted by Crippen LogP contribution is 2.18. The van der Waals surface area contributed by atoms with Gasteiger partial charge >= 0.3 is 0 Å². The summed E-state index contributed by atoms with van der Waals surface area (Å²) >= 11 is 1.46. The molecule has 0 radical (unpaired) electrons. The van der Waals surface area contributed by atoms with Gasteiger partial charge in [0.1, 0.15) is 0 Å². The van der Waals surface area contributed by atoms with E-state index in [4.69, 9.17) is 10.2 Å². The normalized spacial score (nSPS) is 10.8. The van der Waals surface area contributed by atoms with Crippen molar-refractivity contribution < 1.29 is 9.21 Å². The molecule has 16 heavy (non-hydrogen) atoms. The van der Waals surface area contributed by atoms with Crippen LogP contribution in [0.1, 0.15) is 24.4 Å². The molecule has 0 spiro atoms. The number of nitrogens with one attached hydrogen (secondary N) is 1. The summed E-state index contributed by atoms with van der Waals surface area (Å²) < 4.78 is 5.30. The van der Waals surface area contributed by atoms with Crippen LogP contribution in [0.15, 0.2) is 21.6 Å². The van der Waals surface area contributed by atoms with Gasteiger partial charge in [0.15, 0.2) is 10.9 Å². The van der Waals surface area contributed by atoms with Crippen molar-refractivity contribution in [2.75, 3.05) is 12.8 Å². The molecule has 1 amide bonds. The molecule has 1 rings (SSSR count). The molecule has 1 aromatic heterocycles. The van der Waals surface area contributed by atoms with Gasteiger partial charge in [0.05, 0.1) is 0 Å². The first kappa shape index (κ1) is 15.3. The molecule has 0 aromatic carbocycles. The van der Waals surface area contributed by atoms with Crippen LogP contribution in [0.4, 0.5) is 0 Å². The Balaban J connectivity index is 0.00000225. The molecule has 0 atom stereocenters. The molecule has 6 heteroatoms. The molecule has 0 aliphatic heterocycles. The molecule has 3 N–H and O–H groups in total. The highest BCUT2D eigenvalue weighted by atomic mass is 35.5. The van der Waals surface area contributed by atoms with Gasteiger partial charge in [-0.1, -0.05) is 11.8 Å². The van der Waals surface area contributed by atoms with Crippen molar-refractivity contribution in [2.24, 2.45) is 5.73 Å². The average Bonchev–Trinajstić information content (AvgIpc) is 2.65. The van der Waals surface area contributed by atoms with E-state index in [1.807, 2.05) is 20.1 Å². The molecule has 1 aromatic rings. The van der Waals surface area contributed by atoms with Gasteiger partial charge in [0, 0.05) is 12.1 Å². The number of hydrogen-bond donors (Lipinski definition) is 2. The minimum Gasteiger partial charge on any atom is -0.445 e. The van der Waals surface area contributed by atoms with E-state index in [1.165, 1.54) is 11.8 Å². The van der Waals surface area contributed by atoms with Crippen LogP contribution < -0.4 is 11.1 Å². The fraction of sp³-hybridized carbons (Fsp3) is 0.500. The lowest BCUT2D eigenvalue weighted by atomic mass is 10.1. The number of furan rings is 1. The maximum Gasteiger partial charge on any atom is 0.287 e. The van der Waals surface area contributed by atoms with E-state index >= 15 is 0 Å². The van der Waals surface area contributed by atoms with E-state index in [0.717, 1.165) is 5.09 Å². The van der Waals surface area contributed by atoms with E-state index in [9.17, 15) is 4.79 Å². The van der Waals surface area contributed by atoms with Crippen molar-refractivity contribution in [3.05, 3.63) is 17.9 Å². The van der Waals surface area contributed by atoms with Gasteiger partial charge in [0.25, 0.3) is 5.91 Å². The monoisotopic (exact) mass is 264 g/mol. The SMILES string of the molecule is CSc1ccc(C(=O)NC(C)(C)CN)o1.Cl. The van der Waals surface area contributed by atoms with E-state index in [0.29, 0.717) is 12.3 Å². The topological polar surface area (TPSA) is 68.3 Å². The van der Waals surface area contributed by atoms with Crippen molar-refractivity contribution >= 4 is 30.1 Å². The summed E-state index contributed by atoms with van der Waals surface area (Å²) in [5, 5.41) is 3.52. The fourth-order valence-corrected chi connectivity index (χ4v) is 1.35. The molecule has 4 nitrogen and oxygen atoms in total. The Morgan fingerprint density at radius 2 is 2.19 bits per heavy atom. The number of hydrogen-bond acceptors (Lipinski definition) is 4. The van der Waals surface area contributed by atoms with Crippen LogP contribution in [0.3, 0.4) is 0 Å². The highest BCUT2D eigenvalue weighted by molar-refractivity contribution is 7.98. The Morgan fingerprint density at radius 1 is 1.56 bits per heavy atom. The number of carbonyl (C=O) groups is 1. The Hall–Kier alpha value is -0.650. The number of carbonyl (C=O) groups excluding carboxylic acids is 1. The van der Waals surface area contributed by atoms with Crippen LogP contribution in [-0.4, -0.2) is 24.2 Å². The number of halogens is 1. The predicted molar refractivity (Wildman–Crippen MR) is 68.3 cm³/mol. The van der Waals surface area contributed by atoms with Crippen molar-refractivity contribution in [3.8, 4) is 0 Å². The second-order valence-electron chi connectivity index (χ2n) is 3.86. The van der Waals surface area contributed by atoms with Gasteiger partial charge in [-0.3, -0.25) is 4.79 Å². The molecular formula is C10H17ClN2O2S. The minimum absolute atomic E-state index is 0. The molecule has 1 heterocycles. The Bertz CT molecular complexity index is 352. The first-order valence-corrected chi connectivity index (χ1v) is 5.87. The largest absolute Gasteiger partial charge is 0.445 e. The third-order valence-corrected chi connectivity index (χ3v) is 2.59. The summed E-state index contributed by atoms with van der Waals surface area (Å²) in [7, 11) is 0. The number of rotatable bonds is 4. The molecule has 92 valence electrons. The second-order valence-corrected chi connectivity index (χ2v) is 4.68. The quantitative estimate of drug-likeness (QED) is 0.815. The summed E-state index contributed by atoms with van der Waals surface area (Å²) in [6.07, 6.45) is 1.89. The zero-order valence-electron chi connectivity index (χ0n) is 9.57. The molecule has 0 aliphatic rings. The number of amides is 1. The Labute approximate surface area is 106 Å². The Morgan fingerprint density at radius 3 is 2.62 bits per heavy atom. The van der Waals surface area contributed by atoms with Crippen LogP contribution in [-0.2, 0) is 0 Å². The third kappa shape index (κ3) is 4.08. The molecular weight excluding hydrogens is 248 g/mol. The lowest BCUT2D eigenvalue weighted by molar-refractivity contribution is 0.0882. The van der Waals surface area contributed by atoms with Crippen molar-refractivity contribution in [1.29, 1.82) is 0 Å². The van der Waals surface area contributed by atoms with Gasteiger partial charge < -0.3 is 15.5 Å². The fourth-order valence-electron chi connectivity index (χ4n) is 0.972. The number of thioether (sulfide) groups is 1. The average molecular weight is 265 g/mol. The molecule has 0 unspecified atom stereocenters. The van der Waals surface area contributed by atoms with E-state index < -0.39 is 5.54 Å². The second kappa shape index (κ2) is 6.18. The van der Waals surface area contributed by atoms with Gasteiger partial charge in [0.2, 0.25) is 0 Å². The molecule has 0 fully saturated rings. The summed E-state index contributed by atoms with van der Waals surface area (Å²) in [5.74, 6) is 0.0895. The maximum absolute atomic E-state index is 11.7. The zero-order chi connectivity index (χ0) is 11.5. The van der Waals surface area contributed by atoms with Crippen molar-refractivity contribution in [1.82, 2.24) is 5.32 Å². The summed E-state index contributed by atoms with van der Waals surface area (Å²) in [4.78, 5) is 11.7. The smallest absolute Gasteiger partial charge is 0.287 e. The zero-order valence-corrected chi connectivity index (χ0v) is 11.2. The Kier molecular flexibility index (Phi) is 5.92. The van der Waals surface area contributed by atoms with Crippen LogP contribution in [0.25, 0.3) is 0 Å². The van der Waals surface area contributed by atoms with E-state index in [-0.39, 0.29) is 18.3 Å². The molecule has 0 bridgehead atoms. The van der Waals surface area contributed by atoms with E-state index in [1.54, 1.807) is 12.1 Å². The van der Waals surface area contributed by atoms with E-state index in [2.05, 4.69) is 5.32 Å². The van der Waals surface area contributed by atoms with Gasteiger partial charge in [-0.05, 0) is 32.2 Å². The van der Waals surface area contributed by atoms with Crippen LogP contribution >= 0.6 is 24.2 Å². The summed E-state index contributed by atoms with van der Waals surface area (Å²) in [6.45, 7) is 4.11. The third-order valence-electron chi connectivity index (χ3n) is 1.97. The van der Waals surface area contributed by atoms with Crippen LogP contribution in [0.5, 0.6) is 0 Å².